The van der Waals surface area contributed by atoms with Gasteiger partial charge in [0.15, 0.2) is 10.7 Å². The molecule has 0 atom stereocenters. The Labute approximate surface area is 119 Å². The molecule has 0 saturated carbocycles. The molecule has 0 unspecified atom stereocenters. The van der Waals surface area contributed by atoms with Gasteiger partial charge >= 0.3 is 0 Å². The van der Waals surface area contributed by atoms with Gasteiger partial charge in [0.05, 0.1) is 12.1 Å². The number of carbonyl (C=O) groups excluding carboxylic acids is 1. The second-order valence-corrected chi connectivity index (χ2v) is 5.91. The topological polar surface area (TPSA) is 34.4 Å². The Morgan fingerprint density at radius 1 is 1.37 bits per heavy atom. The van der Waals surface area contributed by atoms with Crippen molar-refractivity contribution >= 4 is 33.8 Å². The van der Waals surface area contributed by atoms with Gasteiger partial charge < -0.3 is 0 Å². The number of thiazole rings is 1. The molecule has 2 aromatic heterocycles. The van der Waals surface area contributed by atoms with E-state index in [2.05, 4.69) is 4.98 Å². The van der Waals surface area contributed by atoms with E-state index in [9.17, 15) is 4.79 Å². The molecule has 0 N–H and O–H groups in total. The first-order chi connectivity index (χ1) is 9.26. The summed E-state index contributed by atoms with van der Waals surface area (Å²) in [5.74, 6) is 0.110. The molecule has 96 valence electrons. The Hall–Kier alpha value is -1.59. The number of hydrogen-bond donors (Lipinski definition) is 0. The molecule has 5 heteroatoms. The van der Waals surface area contributed by atoms with Gasteiger partial charge in [0.1, 0.15) is 0 Å². The van der Waals surface area contributed by atoms with Crippen LogP contribution in [-0.4, -0.2) is 21.4 Å². The zero-order chi connectivity index (χ0) is 13.2. The van der Waals surface area contributed by atoms with Crippen LogP contribution >= 0.6 is 23.1 Å². The number of aromatic nitrogens is 2. The fraction of sp³-hybridized carbons (Fsp3) is 0.143. The molecule has 0 radical (unpaired) electrons. The zero-order valence-electron chi connectivity index (χ0n) is 10.4. The highest BCUT2D eigenvalue weighted by atomic mass is 32.2. The highest BCUT2D eigenvalue weighted by Gasteiger charge is 2.10. The maximum atomic E-state index is 12.2. The van der Waals surface area contributed by atoms with Crippen LogP contribution in [0.15, 0.2) is 46.9 Å². The average molecular weight is 288 g/mol. The largest absolute Gasteiger partial charge is 0.297 e. The number of imidazole rings is 1. The monoisotopic (exact) mass is 288 g/mol. The van der Waals surface area contributed by atoms with E-state index in [1.807, 2.05) is 52.7 Å². The van der Waals surface area contributed by atoms with E-state index in [0.29, 0.717) is 6.42 Å². The lowest BCUT2D eigenvalue weighted by molar-refractivity contribution is 0.0992. The zero-order valence-corrected chi connectivity index (χ0v) is 12.0. The Morgan fingerprint density at radius 3 is 2.84 bits per heavy atom. The van der Waals surface area contributed by atoms with E-state index in [4.69, 9.17) is 0 Å². The van der Waals surface area contributed by atoms with E-state index < -0.39 is 0 Å². The second kappa shape index (κ2) is 5.19. The molecule has 0 spiro atoms. The van der Waals surface area contributed by atoms with Crippen molar-refractivity contribution in [2.45, 2.75) is 11.3 Å². The lowest BCUT2D eigenvalue weighted by atomic mass is 10.1. The van der Waals surface area contributed by atoms with Crippen molar-refractivity contribution in [2.24, 2.45) is 0 Å². The molecule has 0 aliphatic carbocycles. The summed E-state index contributed by atoms with van der Waals surface area (Å²) in [5, 5.41) is 1.98. The van der Waals surface area contributed by atoms with Gasteiger partial charge in [-0.2, -0.15) is 0 Å². The number of nitrogens with zero attached hydrogens (tertiary/aromatic N) is 2. The Morgan fingerprint density at radius 2 is 2.16 bits per heavy atom. The van der Waals surface area contributed by atoms with E-state index in [-0.39, 0.29) is 5.78 Å². The summed E-state index contributed by atoms with van der Waals surface area (Å²) in [6.45, 7) is 0. The molecule has 19 heavy (non-hydrogen) atoms. The molecule has 0 saturated heterocycles. The molecular weight excluding hydrogens is 276 g/mol. The van der Waals surface area contributed by atoms with Gasteiger partial charge in [-0.15, -0.1) is 23.1 Å². The van der Waals surface area contributed by atoms with Gasteiger partial charge in [-0.25, -0.2) is 4.98 Å². The Bertz CT molecular complexity index is 684. The lowest BCUT2D eigenvalue weighted by Gasteiger charge is -2.00. The SMILES string of the molecule is CSc1ccc(C(=O)Cc2cn3ccsc3n2)cc1. The number of benzene rings is 1. The summed E-state index contributed by atoms with van der Waals surface area (Å²) >= 11 is 3.25. The standard InChI is InChI=1S/C14H12N2OS2/c1-18-12-4-2-10(3-5-12)13(17)8-11-9-16-6-7-19-14(16)15-11/h2-7,9H,8H2,1H3. The minimum atomic E-state index is 0.110. The molecular formula is C14H12N2OS2. The molecule has 0 amide bonds. The molecule has 2 heterocycles. The van der Waals surface area contributed by atoms with Gasteiger partial charge in [0.2, 0.25) is 0 Å². The van der Waals surface area contributed by atoms with Crippen LogP contribution in [0.3, 0.4) is 0 Å². The number of ketones is 1. The van der Waals surface area contributed by atoms with Gasteiger partial charge in [0, 0.05) is 28.2 Å². The molecule has 3 rings (SSSR count). The number of Topliss-reactive ketones (excluding diaryl/α,β-unsaturated/α-hetero) is 1. The van der Waals surface area contributed by atoms with Crippen LogP contribution in [0.25, 0.3) is 4.96 Å². The highest BCUT2D eigenvalue weighted by Crippen LogP contribution is 2.17. The van der Waals surface area contributed by atoms with Gasteiger partial charge in [-0.1, -0.05) is 12.1 Å². The quantitative estimate of drug-likeness (QED) is 0.544. The summed E-state index contributed by atoms with van der Waals surface area (Å²) in [5.41, 5.74) is 1.57. The third-order valence-corrected chi connectivity index (χ3v) is 4.41. The van der Waals surface area contributed by atoms with E-state index in [1.165, 1.54) is 4.90 Å². The minimum absolute atomic E-state index is 0.110. The minimum Gasteiger partial charge on any atom is -0.297 e. The number of carbonyl (C=O) groups is 1. The summed E-state index contributed by atoms with van der Waals surface area (Å²) < 4.78 is 1.95. The summed E-state index contributed by atoms with van der Waals surface area (Å²) in [6.07, 6.45) is 6.25. The maximum absolute atomic E-state index is 12.2. The average Bonchev–Trinajstić information content (AvgIpc) is 2.99. The second-order valence-electron chi connectivity index (χ2n) is 4.15. The predicted molar refractivity (Wildman–Crippen MR) is 79.3 cm³/mol. The van der Waals surface area contributed by atoms with Crippen LogP contribution in [0.2, 0.25) is 0 Å². The summed E-state index contributed by atoms with van der Waals surface area (Å²) in [4.78, 5) is 18.7. The smallest absolute Gasteiger partial charge is 0.193 e. The van der Waals surface area contributed by atoms with Crippen LogP contribution in [0, 0.1) is 0 Å². The fourth-order valence-electron chi connectivity index (χ4n) is 1.90. The van der Waals surface area contributed by atoms with Crippen molar-refractivity contribution in [1.82, 2.24) is 9.38 Å². The van der Waals surface area contributed by atoms with Crippen LogP contribution < -0.4 is 0 Å². The van der Waals surface area contributed by atoms with Crippen molar-refractivity contribution in [2.75, 3.05) is 6.26 Å². The number of thioether (sulfide) groups is 1. The van der Waals surface area contributed by atoms with Crippen molar-refractivity contribution in [3.05, 3.63) is 53.3 Å². The van der Waals surface area contributed by atoms with Crippen LogP contribution in [0.5, 0.6) is 0 Å². The molecule has 1 aromatic carbocycles. The van der Waals surface area contributed by atoms with Crippen molar-refractivity contribution in [1.29, 1.82) is 0 Å². The van der Waals surface area contributed by atoms with Crippen molar-refractivity contribution in [3.63, 3.8) is 0 Å². The molecule has 0 bridgehead atoms. The van der Waals surface area contributed by atoms with Gasteiger partial charge in [0.25, 0.3) is 0 Å². The molecule has 3 nitrogen and oxygen atoms in total. The van der Waals surface area contributed by atoms with Crippen molar-refractivity contribution < 1.29 is 4.79 Å². The number of fused-ring (bicyclic) bond motifs is 1. The normalized spacial score (nSPS) is 11.0. The Balaban J connectivity index is 1.78. The van der Waals surface area contributed by atoms with E-state index in [1.54, 1.807) is 23.1 Å². The van der Waals surface area contributed by atoms with Gasteiger partial charge in [-0.05, 0) is 18.4 Å². The van der Waals surface area contributed by atoms with Crippen molar-refractivity contribution in [3.8, 4) is 0 Å². The number of hydrogen-bond acceptors (Lipinski definition) is 4. The number of rotatable bonds is 4. The van der Waals surface area contributed by atoms with Crippen LogP contribution in [0.1, 0.15) is 16.1 Å². The van der Waals surface area contributed by atoms with Gasteiger partial charge in [-0.3, -0.25) is 9.20 Å². The Kier molecular flexibility index (Phi) is 3.40. The highest BCUT2D eigenvalue weighted by molar-refractivity contribution is 7.98. The lowest BCUT2D eigenvalue weighted by Crippen LogP contribution is -2.03. The fourth-order valence-corrected chi connectivity index (χ4v) is 3.03. The molecule has 0 aliphatic heterocycles. The third kappa shape index (κ3) is 2.57. The first-order valence-electron chi connectivity index (χ1n) is 5.84. The summed E-state index contributed by atoms with van der Waals surface area (Å²) in [7, 11) is 0. The molecule has 3 aromatic rings. The van der Waals surface area contributed by atoms with Crippen LogP contribution in [0.4, 0.5) is 0 Å². The molecule has 0 aliphatic rings. The first kappa shape index (κ1) is 12.4. The van der Waals surface area contributed by atoms with Crippen LogP contribution in [-0.2, 0) is 6.42 Å². The summed E-state index contributed by atoms with van der Waals surface area (Å²) in [6, 6.07) is 7.71. The maximum Gasteiger partial charge on any atom is 0.193 e. The molecule has 0 fully saturated rings. The van der Waals surface area contributed by atoms with E-state index in [0.717, 1.165) is 16.2 Å². The van der Waals surface area contributed by atoms with E-state index >= 15 is 0 Å². The third-order valence-electron chi connectivity index (χ3n) is 2.90. The first-order valence-corrected chi connectivity index (χ1v) is 7.95. The predicted octanol–water partition coefficient (Wildman–Crippen LogP) is 3.54.